The van der Waals surface area contributed by atoms with E-state index < -0.39 is 0 Å². The topological polar surface area (TPSA) is 44.4 Å². The molecule has 0 aromatic rings. The quantitative estimate of drug-likeness (QED) is 0.763. The SMILES string of the molecule is CCC(CC)NC(=O)C(C)N1C[C@H]2CNC[C@H]2C1. The highest BCUT2D eigenvalue weighted by atomic mass is 16.2. The normalized spacial score (nSPS) is 29.6. The van der Waals surface area contributed by atoms with Crippen LogP contribution in [0.1, 0.15) is 33.6 Å². The van der Waals surface area contributed by atoms with Gasteiger partial charge in [-0.1, -0.05) is 13.8 Å². The largest absolute Gasteiger partial charge is 0.352 e. The summed E-state index contributed by atoms with van der Waals surface area (Å²) in [5, 5.41) is 6.60. The molecule has 3 atom stereocenters. The minimum absolute atomic E-state index is 0.0243. The standard InChI is InChI=1S/C14H27N3O/c1-4-13(5-2)16-14(18)10(3)17-8-11-6-15-7-12(11)9-17/h10-13,15H,4-9H2,1-3H3,(H,16,18)/t10?,11-,12+. The Hall–Kier alpha value is -0.610. The molecule has 18 heavy (non-hydrogen) atoms. The Kier molecular flexibility index (Phi) is 4.62. The highest BCUT2D eigenvalue weighted by Crippen LogP contribution is 2.27. The molecule has 2 aliphatic rings. The Morgan fingerprint density at radius 1 is 1.28 bits per heavy atom. The van der Waals surface area contributed by atoms with Crippen LogP contribution in [0.15, 0.2) is 0 Å². The Morgan fingerprint density at radius 3 is 2.33 bits per heavy atom. The van der Waals surface area contributed by atoms with Gasteiger partial charge in [0.05, 0.1) is 6.04 Å². The van der Waals surface area contributed by atoms with Crippen molar-refractivity contribution in [3.05, 3.63) is 0 Å². The van der Waals surface area contributed by atoms with Crippen molar-refractivity contribution >= 4 is 5.91 Å². The molecule has 2 aliphatic heterocycles. The number of hydrogen-bond donors (Lipinski definition) is 2. The number of carbonyl (C=O) groups excluding carboxylic acids is 1. The van der Waals surface area contributed by atoms with Crippen LogP contribution in [0.25, 0.3) is 0 Å². The van der Waals surface area contributed by atoms with Crippen LogP contribution in [-0.2, 0) is 4.79 Å². The van der Waals surface area contributed by atoms with Gasteiger partial charge < -0.3 is 10.6 Å². The number of nitrogens with zero attached hydrogens (tertiary/aromatic N) is 1. The van der Waals surface area contributed by atoms with E-state index >= 15 is 0 Å². The van der Waals surface area contributed by atoms with E-state index in [9.17, 15) is 4.79 Å². The second kappa shape index (κ2) is 6.02. The zero-order valence-electron chi connectivity index (χ0n) is 11.9. The molecule has 0 saturated carbocycles. The van der Waals surface area contributed by atoms with Gasteiger partial charge in [-0.3, -0.25) is 9.69 Å². The molecule has 2 rings (SSSR count). The van der Waals surface area contributed by atoms with Crippen LogP contribution in [0, 0.1) is 11.8 Å². The summed E-state index contributed by atoms with van der Waals surface area (Å²) in [6.45, 7) is 10.7. The molecule has 2 fully saturated rings. The number of nitrogens with one attached hydrogen (secondary N) is 2. The van der Waals surface area contributed by atoms with E-state index in [2.05, 4.69) is 29.4 Å². The lowest BCUT2D eigenvalue weighted by Crippen LogP contribution is -2.47. The van der Waals surface area contributed by atoms with Crippen molar-refractivity contribution in [1.29, 1.82) is 0 Å². The van der Waals surface area contributed by atoms with Gasteiger partial charge in [0.15, 0.2) is 0 Å². The zero-order chi connectivity index (χ0) is 13.1. The van der Waals surface area contributed by atoms with Crippen LogP contribution >= 0.6 is 0 Å². The lowest BCUT2D eigenvalue weighted by Gasteiger charge is -2.26. The summed E-state index contributed by atoms with van der Waals surface area (Å²) in [6.07, 6.45) is 2.04. The van der Waals surface area contributed by atoms with E-state index in [-0.39, 0.29) is 11.9 Å². The number of fused-ring (bicyclic) bond motifs is 1. The van der Waals surface area contributed by atoms with Crippen molar-refractivity contribution in [2.24, 2.45) is 11.8 Å². The molecule has 0 aromatic heterocycles. The first-order valence-corrected chi connectivity index (χ1v) is 7.40. The first-order valence-electron chi connectivity index (χ1n) is 7.40. The molecule has 2 N–H and O–H groups in total. The average Bonchev–Trinajstić information content (AvgIpc) is 2.95. The molecule has 0 radical (unpaired) electrons. The molecule has 104 valence electrons. The van der Waals surface area contributed by atoms with Gasteiger partial charge in [0.2, 0.25) is 5.91 Å². The lowest BCUT2D eigenvalue weighted by atomic mass is 10.0. The summed E-state index contributed by atoms with van der Waals surface area (Å²) in [6, 6.07) is 0.361. The van der Waals surface area contributed by atoms with Gasteiger partial charge in [0.25, 0.3) is 0 Å². The molecular weight excluding hydrogens is 226 g/mol. The van der Waals surface area contributed by atoms with Gasteiger partial charge in [-0.25, -0.2) is 0 Å². The predicted molar refractivity (Wildman–Crippen MR) is 73.4 cm³/mol. The van der Waals surface area contributed by atoms with Gasteiger partial charge in [-0.15, -0.1) is 0 Å². The molecule has 0 aliphatic carbocycles. The molecular formula is C14H27N3O. The number of hydrogen-bond acceptors (Lipinski definition) is 3. The Labute approximate surface area is 110 Å². The van der Waals surface area contributed by atoms with E-state index in [0.717, 1.165) is 50.9 Å². The fourth-order valence-electron chi connectivity index (χ4n) is 3.19. The highest BCUT2D eigenvalue weighted by molar-refractivity contribution is 5.81. The summed E-state index contributed by atoms with van der Waals surface area (Å²) in [5.74, 6) is 1.72. The summed E-state index contributed by atoms with van der Waals surface area (Å²) < 4.78 is 0. The summed E-state index contributed by atoms with van der Waals surface area (Å²) >= 11 is 0. The van der Waals surface area contributed by atoms with Gasteiger partial charge in [0.1, 0.15) is 0 Å². The van der Waals surface area contributed by atoms with Crippen molar-refractivity contribution in [1.82, 2.24) is 15.5 Å². The summed E-state index contributed by atoms with van der Waals surface area (Å²) in [7, 11) is 0. The maximum atomic E-state index is 12.2. The zero-order valence-corrected chi connectivity index (χ0v) is 11.9. The van der Waals surface area contributed by atoms with Gasteiger partial charge in [0, 0.05) is 19.1 Å². The number of likely N-dealkylation sites (tertiary alicyclic amines) is 1. The Bertz CT molecular complexity index is 279. The van der Waals surface area contributed by atoms with E-state index in [1.807, 2.05) is 6.92 Å². The molecule has 1 unspecified atom stereocenters. The Morgan fingerprint density at radius 2 is 1.83 bits per heavy atom. The second-order valence-electron chi connectivity index (χ2n) is 5.83. The van der Waals surface area contributed by atoms with Crippen LogP contribution in [0.2, 0.25) is 0 Å². The summed E-state index contributed by atoms with van der Waals surface area (Å²) in [4.78, 5) is 14.6. The summed E-state index contributed by atoms with van der Waals surface area (Å²) in [5.41, 5.74) is 0. The Balaban J connectivity index is 1.84. The molecule has 4 nitrogen and oxygen atoms in total. The lowest BCUT2D eigenvalue weighted by molar-refractivity contribution is -0.126. The van der Waals surface area contributed by atoms with Gasteiger partial charge >= 0.3 is 0 Å². The molecule has 4 heteroatoms. The molecule has 1 amide bonds. The number of amides is 1. The smallest absolute Gasteiger partial charge is 0.237 e. The van der Waals surface area contributed by atoms with E-state index in [4.69, 9.17) is 0 Å². The van der Waals surface area contributed by atoms with Crippen molar-refractivity contribution in [2.75, 3.05) is 26.2 Å². The third-order valence-electron chi connectivity index (χ3n) is 4.68. The fraction of sp³-hybridized carbons (Fsp3) is 0.929. The van der Waals surface area contributed by atoms with E-state index in [1.165, 1.54) is 0 Å². The first-order chi connectivity index (χ1) is 8.65. The molecule has 2 heterocycles. The van der Waals surface area contributed by atoms with Crippen LogP contribution < -0.4 is 10.6 Å². The van der Waals surface area contributed by atoms with Crippen LogP contribution in [0.5, 0.6) is 0 Å². The average molecular weight is 253 g/mol. The van der Waals surface area contributed by atoms with Crippen molar-refractivity contribution < 1.29 is 4.79 Å². The van der Waals surface area contributed by atoms with Crippen molar-refractivity contribution in [2.45, 2.75) is 45.7 Å². The maximum Gasteiger partial charge on any atom is 0.237 e. The van der Waals surface area contributed by atoms with Crippen LogP contribution in [-0.4, -0.2) is 49.1 Å². The van der Waals surface area contributed by atoms with Crippen LogP contribution in [0.4, 0.5) is 0 Å². The molecule has 2 saturated heterocycles. The van der Waals surface area contributed by atoms with E-state index in [1.54, 1.807) is 0 Å². The minimum atomic E-state index is 0.0243. The monoisotopic (exact) mass is 253 g/mol. The number of carbonyl (C=O) groups is 1. The molecule has 0 spiro atoms. The van der Waals surface area contributed by atoms with Gasteiger partial charge in [-0.05, 0) is 44.7 Å². The highest BCUT2D eigenvalue weighted by Gasteiger charge is 2.39. The van der Waals surface area contributed by atoms with Crippen molar-refractivity contribution in [3.8, 4) is 0 Å². The second-order valence-corrected chi connectivity index (χ2v) is 5.83. The predicted octanol–water partition coefficient (Wildman–Crippen LogP) is 0.831. The third kappa shape index (κ3) is 2.86. The maximum absolute atomic E-state index is 12.2. The number of rotatable bonds is 5. The first kappa shape index (κ1) is 13.8. The van der Waals surface area contributed by atoms with Crippen LogP contribution in [0.3, 0.4) is 0 Å². The third-order valence-corrected chi connectivity index (χ3v) is 4.68. The van der Waals surface area contributed by atoms with E-state index in [0.29, 0.717) is 6.04 Å². The minimum Gasteiger partial charge on any atom is -0.352 e. The van der Waals surface area contributed by atoms with Gasteiger partial charge in [-0.2, -0.15) is 0 Å². The van der Waals surface area contributed by atoms with Crippen molar-refractivity contribution in [3.63, 3.8) is 0 Å². The fourth-order valence-corrected chi connectivity index (χ4v) is 3.19. The molecule has 0 bridgehead atoms. The molecule has 0 aromatic carbocycles.